The molecule has 4 amide bonds. The van der Waals surface area contributed by atoms with E-state index in [1.54, 1.807) is 18.2 Å². The van der Waals surface area contributed by atoms with Crippen LogP contribution in [0.4, 0.5) is 15.6 Å². The highest BCUT2D eigenvalue weighted by Crippen LogP contribution is 2.34. The number of aryl methyl sites for hydroxylation is 1. The number of carbonyl (C=O) groups is 3. The van der Waals surface area contributed by atoms with E-state index in [4.69, 9.17) is 9.47 Å². The average Bonchev–Trinajstić information content (AvgIpc) is 3.36. The van der Waals surface area contributed by atoms with Crippen molar-refractivity contribution in [3.05, 3.63) is 29.3 Å². The van der Waals surface area contributed by atoms with Crippen LogP contribution in [0.5, 0.6) is 11.5 Å². The molecule has 2 aliphatic rings. The van der Waals surface area contributed by atoms with Crippen molar-refractivity contribution < 1.29 is 23.9 Å². The van der Waals surface area contributed by atoms with Crippen molar-refractivity contribution in [2.75, 3.05) is 37.1 Å². The Morgan fingerprint density at radius 1 is 1.16 bits per heavy atom. The lowest BCUT2D eigenvalue weighted by molar-refractivity contribution is -0.122. The van der Waals surface area contributed by atoms with Crippen LogP contribution in [-0.4, -0.2) is 54.2 Å². The Kier molecular flexibility index (Phi) is 6.33. The monoisotopic (exact) mass is 445 g/mol. The van der Waals surface area contributed by atoms with Crippen molar-refractivity contribution in [3.63, 3.8) is 0 Å². The number of imide groups is 1. The van der Waals surface area contributed by atoms with E-state index < -0.39 is 11.9 Å². The molecule has 0 unspecified atom stereocenters. The van der Waals surface area contributed by atoms with Crippen LogP contribution in [0.15, 0.2) is 23.6 Å². The van der Waals surface area contributed by atoms with Gasteiger partial charge in [-0.1, -0.05) is 0 Å². The van der Waals surface area contributed by atoms with E-state index in [0.29, 0.717) is 48.2 Å². The maximum absolute atomic E-state index is 12.4. The first kappa shape index (κ1) is 21.1. The third-order valence-corrected chi connectivity index (χ3v) is 5.93. The summed E-state index contributed by atoms with van der Waals surface area (Å²) in [6.07, 6.45) is 1.29. The molecule has 3 heterocycles. The third-order valence-electron chi connectivity index (χ3n) is 5.06. The van der Waals surface area contributed by atoms with E-state index >= 15 is 0 Å². The van der Waals surface area contributed by atoms with Crippen molar-refractivity contribution in [2.45, 2.75) is 19.8 Å². The number of anilines is 2. The first-order valence-corrected chi connectivity index (χ1v) is 10.8. The smallest absolute Gasteiger partial charge is 0.325 e. The Labute approximate surface area is 182 Å². The van der Waals surface area contributed by atoms with E-state index in [0.717, 1.165) is 5.69 Å². The molecule has 0 aliphatic carbocycles. The molecule has 2 aromatic rings. The molecule has 164 valence electrons. The predicted molar refractivity (Wildman–Crippen MR) is 114 cm³/mol. The largest absolute Gasteiger partial charge is 0.454 e. The molecule has 1 saturated heterocycles. The van der Waals surface area contributed by atoms with Gasteiger partial charge in [-0.05, 0) is 45.0 Å². The SMILES string of the molecule is Cc1csc(NC(=O)C2CCN(CC(=O)NC(=O)Nc3ccc4c(c3)OCO4)CC2)n1. The molecule has 0 radical (unpaired) electrons. The van der Waals surface area contributed by atoms with Crippen LogP contribution < -0.4 is 25.4 Å². The number of amides is 4. The van der Waals surface area contributed by atoms with Crippen LogP contribution in [-0.2, 0) is 9.59 Å². The number of carbonyl (C=O) groups excluding carboxylic acids is 3. The number of hydrogen-bond donors (Lipinski definition) is 3. The van der Waals surface area contributed by atoms with Crippen molar-refractivity contribution in [2.24, 2.45) is 5.92 Å². The van der Waals surface area contributed by atoms with Crippen LogP contribution >= 0.6 is 11.3 Å². The van der Waals surface area contributed by atoms with Gasteiger partial charge in [0.25, 0.3) is 0 Å². The number of fused-ring (bicyclic) bond motifs is 1. The third kappa shape index (κ3) is 5.50. The second-order valence-electron chi connectivity index (χ2n) is 7.40. The van der Waals surface area contributed by atoms with Crippen LogP contribution in [0.2, 0.25) is 0 Å². The molecule has 4 rings (SSSR count). The summed E-state index contributed by atoms with van der Waals surface area (Å²) in [5.74, 6) is 0.598. The van der Waals surface area contributed by atoms with Gasteiger partial charge in [-0.25, -0.2) is 9.78 Å². The summed E-state index contributed by atoms with van der Waals surface area (Å²) in [7, 11) is 0. The maximum atomic E-state index is 12.4. The molecular formula is C20H23N5O5S. The van der Waals surface area contributed by atoms with Crippen LogP contribution in [0.1, 0.15) is 18.5 Å². The zero-order valence-electron chi connectivity index (χ0n) is 17.0. The first-order valence-electron chi connectivity index (χ1n) is 9.92. The minimum absolute atomic E-state index is 0.0402. The summed E-state index contributed by atoms with van der Waals surface area (Å²) < 4.78 is 10.5. The van der Waals surface area contributed by atoms with Gasteiger partial charge < -0.3 is 20.1 Å². The van der Waals surface area contributed by atoms with Gasteiger partial charge in [0.15, 0.2) is 16.6 Å². The summed E-state index contributed by atoms with van der Waals surface area (Å²) in [5, 5.41) is 10.3. The zero-order chi connectivity index (χ0) is 21.8. The Bertz CT molecular complexity index is 986. The number of piperidine rings is 1. The van der Waals surface area contributed by atoms with E-state index in [-0.39, 0.29) is 25.2 Å². The number of hydrogen-bond acceptors (Lipinski definition) is 8. The van der Waals surface area contributed by atoms with Crippen molar-refractivity contribution in [1.82, 2.24) is 15.2 Å². The van der Waals surface area contributed by atoms with Gasteiger partial charge in [-0.3, -0.25) is 19.8 Å². The van der Waals surface area contributed by atoms with E-state index in [1.807, 2.05) is 17.2 Å². The maximum Gasteiger partial charge on any atom is 0.325 e. The molecule has 3 N–H and O–H groups in total. The number of aromatic nitrogens is 1. The molecule has 1 fully saturated rings. The van der Waals surface area contributed by atoms with Crippen LogP contribution in [0.3, 0.4) is 0 Å². The highest BCUT2D eigenvalue weighted by atomic mass is 32.1. The van der Waals surface area contributed by atoms with Crippen LogP contribution in [0, 0.1) is 12.8 Å². The molecular weight excluding hydrogens is 422 g/mol. The number of benzene rings is 1. The quantitative estimate of drug-likeness (QED) is 0.645. The second kappa shape index (κ2) is 9.31. The van der Waals surface area contributed by atoms with Crippen LogP contribution in [0.25, 0.3) is 0 Å². The van der Waals surface area contributed by atoms with Crippen molar-refractivity contribution in [1.29, 1.82) is 0 Å². The number of nitrogens with one attached hydrogen (secondary N) is 3. The lowest BCUT2D eigenvalue weighted by Crippen LogP contribution is -2.45. The minimum atomic E-state index is -0.614. The fourth-order valence-electron chi connectivity index (χ4n) is 3.48. The number of likely N-dealkylation sites (tertiary alicyclic amines) is 1. The first-order chi connectivity index (χ1) is 15.0. The van der Waals surface area contributed by atoms with Gasteiger partial charge >= 0.3 is 6.03 Å². The minimum Gasteiger partial charge on any atom is -0.454 e. The molecule has 11 heteroatoms. The fraction of sp³-hybridized carbons (Fsp3) is 0.400. The van der Waals surface area contributed by atoms with E-state index in [9.17, 15) is 14.4 Å². The number of ether oxygens (including phenoxy) is 2. The van der Waals surface area contributed by atoms with Crippen molar-refractivity contribution >= 4 is 40.0 Å². The summed E-state index contributed by atoms with van der Waals surface area (Å²) in [4.78, 5) is 42.9. The molecule has 0 atom stereocenters. The Morgan fingerprint density at radius 3 is 2.68 bits per heavy atom. The standard InChI is InChI=1S/C20H23N5O5S/c1-12-10-31-20(21-12)24-18(27)13-4-6-25(7-5-13)9-17(26)23-19(28)22-14-2-3-15-16(8-14)30-11-29-15/h2-3,8,10,13H,4-7,9,11H2,1H3,(H,21,24,27)(H2,22,23,26,28). The second-order valence-corrected chi connectivity index (χ2v) is 8.26. The summed E-state index contributed by atoms with van der Waals surface area (Å²) in [5.41, 5.74) is 1.38. The molecule has 1 aromatic heterocycles. The fourth-order valence-corrected chi connectivity index (χ4v) is 4.17. The Morgan fingerprint density at radius 2 is 1.94 bits per heavy atom. The van der Waals surface area contributed by atoms with Gasteiger partial charge in [-0.2, -0.15) is 0 Å². The lowest BCUT2D eigenvalue weighted by Gasteiger charge is -2.30. The molecule has 1 aromatic carbocycles. The van der Waals surface area contributed by atoms with Gasteiger partial charge in [0.05, 0.1) is 12.2 Å². The predicted octanol–water partition coefficient (Wildman–Crippen LogP) is 2.18. The molecule has 0 saturated carbocycles. The van der Waals surface area contributed by atoms with Crippen molar-refractivity contribution in [3.8, 4) is 11.5 Å². The number of rotatable bonds is 5. The molecule has 10 nitrogen and oxygen atoms in total. The number of urea groups is 1. The summed E-state index contributed by atoms with van der Waals surface area (Å²) in [6, 6.07) is 4.38. The summed E-state index contributed by atoms with van der Waals surface area (Å²) in [6.45, 7) is 3.32. The Balaban J connectivity index is 1.18. The van der Waals surface area contributed by atoms with Gasteiger partial charge in [-0.15, -0.1) is 11.3 Å². The van der Waals surface area contributed by atoms with E-state index in [1.165, 1.54) is 11.3 Å². The molecule has 0 bridgehead atoms. The average molecular weight is 446 g/mol. The topological polar surface area (TPSA) is 122 Å². The van der Waals surface area contributed by atoms with Gasteiger partial charge in [0, 0.05) is 23.1 Å². The molecule has 2 aliphatic heterocycles. The summed E-state index contributed by atoms with van der Waals surface area (Å²) >= 11 is 1.41. The molecule has 31 heavy (non-hydrogen) atoms. The highest BCUT2D eigenvalue weighted by Gasteiger charge is 2.26. The normalized spacial score (nSPS) is 16.0. The number of thiazole rings is 1. The van der Waals surface area contributed by atoms with Gasteiger partial charge in [0.1, 0.15) is 0 Å². The molecule has 0 spiro atoms. The van der Waals surface area contributed by atoms with Gasteiger partial charge in [0.2, 0.25) is 18.6 Å². The highest BCUT2D eigenvalue weighted by molar-refractivity contribution is 7.13. The van der Waals surface area contributed by atoms with E-state index in [2.05, 4.69) is 20.9 Å². The lowest BCUT2D eigenvalue weighted by atomic mass is 9.96. The zero-order valence-corrected chi connectivity index (χ0v) is 17.8. The Hall–Kier alpha value is -3.18. The number of nitrogens with zero attached hydrogens (tertiary/aromatic N) is 2.